The standard InChI is InChI=1S/C19H23O4P/c1-19(2,3)15-9-11-17(12-10-15)22-14-18(23-24-20)13-21-16-7-5-4-6-8-16/h4-12,18H,13-14H2,1-3H3. The molecule has 2 rings (SSSR count). The highest BCUT2D eigenvalue weighted by molar-refractivity contribution is 7.17. The highest BCUT2D eigenvalue weighted by Gasteiger charge is 2.15. The summed E-state index contributed by atoms with van der Waals surface area (Å²) in [5.74, 6) is 1.49. The topological polar surface area (TPSA) is 44.8 Å². The van der Waals surface area contributed by atoms with Gasteiger partial charge in [0, 0.05) is 0 Å². The van der Waals surface area contributed by atoms with Crippen molar-refractivity contribution in [2.24, 2.45) is 0 Å². The van der Waals surface area contributed by atoms with Gasteiger partial charge in [0.05, 0.1) is 0 Å². The predicted octanol–water partition coefficient (Wildman–Crippen LogP) is 5.03. The molecule has 0 N–H and O–H groups in total. The highest BCUT2D eigenvalue weighted by atomic mass is 31.1. The molecule has 0 fully saturated rings. The third-order valence-electron chi connectivity index (χ3n) is 3.53. The molecule has 1 atom stereocenters. The van der Waals surface area contributed by atoms with Crippen molar-refractivity contribution in [2.45, 2.75) is 32.3 Å². The maximum absolute atomic E-state index is 10.8. The molecule has 1 unspecified atom stereocenters. The van der Waals surface area contributed by atoms with Gasteiger partial charge in [0.2, 0.25) is 0 Å². The van der Waals surface area contributed by atoms with Crippen LogP contribution in [-0.2, 0) is 14.5 Å². The Bertz CT molecular complexity index is 620. The molecule has 2 aromatic carbocycles. The molecule has 128 valence electrons. The molecule has 0 aliphatic carbocycles. The molecular weight excluding hydrogens is 323 g/mol. The van der Waals surface area contributed by atoms with Crippen LogP contribution in [0.25, 0.3) is 0 Å². The van der Waals surface area contributed by atoms with Crippen molar-refractivity contribution in [3.05, 3.63) is 60.2 Å². The summed E-state index contributed by atoms with van der Waals surface area (Å²) in [5, 5.41) is 0. The lowest BCUT2D eigenvalue weighted by Crippen LogP contribution is -2.26. The number of ether oxygens (including phenoxy) is 2. The van der Waals surface area contributed by atoms with Gasteiger partial charge >= 0.3 is 8.69 Å². The van der Waals surface area contributed by atoms with E-state index in [9.17, 15) is 4.57 Å². The Morgan fingerprint density at radius 3 is 1.92 bits per heavy atom. The Labute approximate surface area is 145 Å². The van der Waals surface area contributed by atoms with Crippen molar-refractivity contribution in [1.82, 2.24) is 0 Å². The van der Waals surface area contributed by atoms with Crippen LogP contribution in [0.5, 0.6) is 11.5 Å². The molecule has 0 saturated carbocycles. The minimum Gasteiger partial charge on any atom is -0.491 e. The Morgan fingerprint density at radius 2 is 1.42 bits per heavy atom. The van der Waals surface area contributed by atoms with Gasteiger partial charge in [-0.05, 0) is 35.2 Å². The van der Waals surface area contributed by atoms with Gasteiger partial charge in [-0.25, -0.2) is 4.57 Å². The largest absolute Gasteiger partial charge is 0.491 e. The molecule has 5 heteroatoms. The van der Waals surface area contributed by atoms with E-state index in [1.54, 1.807) is 0 Å². The van der Waals surface area contributed by atoms with Gasteiger partial charge in [0.25, 0.3) is 0 Å². The molecule has 0 aliphatic rings. The van der Waals surface area contributed by atoms with Crippen molar-refractivity contribution < 1.29 is 18.6 Å². The molecule has 4 nitrogen and oxygen atoms in total. The minimum absolute atomic E-state index is 0.106. The average Bonchev–Trinajstić information content (AvgIpc) is 2.58. The van der Waals surface area contributed by atoms with Gasteiger partial charge in [-0.3, -0.25) is 4.52 Å². The van der Waals surface area contributed by atoms with E-state index in [0.717, 1.165) is 11.5 Å². The average molecular weight is 346 g/mol. The molecular formula is C19H23O4P. The van der Waals surface area contributed by atoms with Gasteiger partial charge in [-0.15, -0.1) is 0 Å². The first-order valence-electron chi connectivity index (χ1n) is 7.88. The monoisotopic (exact) mass is 346 g/mol. The van der Waals surface area contributed by atoms with E-state index in [4.69, 9.17) is 14.0 Å². The molecule has 0 radical (unpaired) electrons. The van der Waals surface area contributed by atoms with Gasteiger partial charge in [-0.2, -0.15) is 0 Å². The second-order valence-electron chi connectivity index (χ2n) is 6.51. The maximum atomic E-state index is 10.8. The van der Waals surface area contributed by atoms with Gasteiger partial charge in [-0.1, -0.05) is 51.1 Å². The van der Waals surface area contributed by atoms with Crippen LogP contribution in [0.15, 0.2) is 54.6 Å². The van der Waals surface area contributed by atoms with Crippen LogP contribution >= 0.6 is 8.69 Å². The number of rotatable bonds is 8. The van der Waals surface area contributed by atoms with Gasteiger partial charge < -0.3 is 9.47 Å². The number of hydrogen-bond donors (Lipinski definition) is 0. The fraction of sp³-hybridized carbons (Fsp3) is 0.368. The fourth-order valence-corrected chi connectivity index (χ4v) is 2.36. The van der Waals surface area contributed by atoms with E-state index in [1.807, 2.05) is 42.5 Å². The van der Waals surface area contributed by atoms with Crippen molar-refractivity contribution >= 4 is 8.69 Å². The Morgan fingerprint density at radius 1 is 0.875 bits per heavy atom. The van der Waals surface area contributed by atoms with Gasteiger partial charge in [0.1, 0.15) is 30.8 Å². The minimum atomic E-state index is -0.424. The van der Waals surface area contributed by atoms with Crippen LogP contribution in [0.4, 0.5) is 0 Å². The van der Waals surface area contributed by atoms with E-state index in [2.05, 4.69) is 32.9 Å². The van der Waals surface area contributed by atoms with Crippen LogP contribution < -0.4 is 9.47 Å². The van der Waals surface area contributed by atoms with E-state index in [1.165, 1.54) is 5.56 Å². The number of benzene rings is 2. The van der Waals surface area contributed by atoms with Crippen LogP contribution in [-0.4, -0.2) is 19.3 Å². The van der Waals surface area contributed by atoms with Crippen molar-refractivity contribution in [1.29, 1.82) is 0 Å². The first-order chi connectivity index (χ1) is 11.5. The summed E-state index contributed by atoms with van der Waals surface area (Å²) in [5.41, 5.74) is 1.35. The molecule has 24 heavy (non-hydrogen) atoms. The van der Waals surface area contributed by atoms with Crippen LogP contribution in [0.3, 0.4) is 0 Å². The third kappa shape index (κ3) is 5.95. The van der Waals surface area contributed by atoms with Crippen LogP contribution in [0.1, 0.15) is 26.3 Å². The summed E-state index contributed by atoms with van der Waals surface area (Å²) in [6.45, 7) is 7.03. The lowest BCUT2D eigenvalue weighted by molar-refractivity contribution is 0.0914. The highest BCUT2D eigenvalue weighted by Crippen LogP contribution is 2.24. The Hall–Kier alpha value is -1.90. The zero-order valence-electron chi connectivity index (χ0n) is 14.3. The molecule has 0 bridgehead atoms. The smallest absolute Gasteiger partial charge is 0.327 e. The number of hydrogen-bond acceptors (Lipinski definition) is 4. The Kier molecular flexibility index (Phi) is 6.77. The molecule has 0 aromatic heterocycles. The lowest BCUT2D eigenvalue weighted by atomic mass is 9.87. The Balaban J connectivity index is 1.87. The third-order valence-corrected chi connectivity index (χ3v) is 3.91. The van der Waals surface area contributed by atoms with E-state index in [0.29, 0.717) is 0 Å². The summed E-state index contributed by atoms with van der Waals surface area (Å²) in [7, 11) is -0.385. The van der Waals surface area contributed by atoms with Crippen molar-refractivity contribution in [3.8, 4) is 11.5 Å². The quantitative estimate of drug-likeness (QED) is 0.629. The summed E-state index contributed by atoms with van der Waals surface area (Å²) in [6.07, 6.45) is -0.424. The molecule has 0 heterocycles. The fourth-order valence-electron chi connectivity index (χ4n) is 2.12. The first-order valence-corrected chi connectivity index (χ1v) is 8.62. The molecule has 0 amide bonds. The first kappa shape index (κ1) is 18.4. The van der Waals surface area contributed by atoms with E-state index < -0.39 is 6.10 Å². The summed E-state index contributed by atoms with van der Waals surface area (Å²) >= 11 is 0. The number of para-hydroxylation sites is 1. The van der Waals surface area contributed by atoms with E-state index in [-0.39, 0.29) is 27.3 Å². The van der Waals surface area contributed by atoms with E-state index >= 15 is 0 Å². The summed E-state index contributed by atoms with van der Waals surface area (Å²) in [4.78, 5) is 0. The predicted molar refractivity (Wildman–Crippen MR) is 95.1 cm³/mol. The zero-order chi connectivity index (χ0) is 17.4. The second-order valence-corrected chi connectivity index (χ2v) is 6.87. The van der Waals surface area contributed by atoms with Crippen molar-refractivity contribution in [3.63, 3.8) is 0 Å². The van der Waals surface area contributed by atoms with Crippen molar-refractivity contribution in [2.75, 3.05) is 13.2 Å². The zero-order valence-corrected chi connectivity index (χ0v) is 15.2. The molecule has 0 saturated heterocycles. The summed E-state index contributed by atoms with van der Waals surface area (Å²) < 4.78 is 27.2. The molecule has 0 spiro atoms. The second kappa shape index (κ2) is 8.81. The molecule has 0 aliphatic heterocycles. The van der Waals surface area contributed by atoms with Gasteiger partial charge in [0.15, 0.2) is 0 Å². The van der Waals surface area contributed by atoms with Crippen LogP contribution in [0, 0.1) is 0 Å². The SMILES string of the molecule is CC(C)(C)c1ccc(OCC(COc2ccccc2)OP=O)cc1. The summed E-state index contributed by atoms with van der Waals surface area (Å²) in [6, 6.07) is 17.4. The lowest BCUT2D eigenvalue weighted by Gasteiger charge is -2.20. The van der Waals surface area contributed by atoms with Crippen LogP contribution in [0.2, 0.25) is 0 Å². The maximum Gasteiger partial charge on any atom is 0.327 e. The normalized spacial score (nSPS) is 12.8. The molecule has 2 aromatic rings.